The van der Waals surface area contributed by atoms with E-state index in [-0.39, 0.29) is 6.10 Å². The summed E-state index contributed by atoms with van der Waals surface area (Å²) in [5.41, 5.74) is 0. The number of carboxylic acid groups (broad SMARTS) is 1. The third-order valence-corrected chi connectivity index (χ3v) is 3.39. The van der Waals surface area contributed by atoms with Crippen LogP contribution < -0.4 is 5.32 Å². The molecule has 0 spiro atoms. The second-order valence-corrected chi connectivity index (χ2v) is 4.76. The van der Waals surface area contributed by atoms with Crippen molar-refractivity contribution in [3.63, 3.8) is 0 Å². The van der Waals surface area contributed by atoms with E-state index in [4.69, 9.17) is 9.84 Å². The first-order chi connectivity index (χ1) is 8.45. The highest BCUT2D eigenvalue weighted by Crippen LogP contribution is 2.22. The average molecular weight is 272 g/mol. The van der Waals surface area contributed by atoms with E-state index in [2.05, 4.69) is 10.3 Å². The van der Waals surface area contributed by atoms with E-state index in [1.54, 1.807) is 0 Å². The Kier molecular flexibility index (Phi) is 5.24. The van der Waals surface area contributed by atoms with Crippen molar-refractivity contribution in [3.05, 3.63) is 16.1 Å². The van der Waals surface area contributed by atoms with Gasteiger partial charge in [-0.1, -0.05) is 0 Å². The van der Waals surface area contributed by atoms with Gasteiger partial charge in [0.25, 0.3) is 5.91 Å². The number of hydrogen-bond donors (Lipinski definition) is 2. The minimum atomic E-state index is -1.07. The number of rotatable bonds is 6. The summed E-state index contributed by atoms with van der Waals surface area (Å²) in [6, 6.07) is -0.924. The van der Waals surface area contributed by atoms with Crippen molar-refractivity contribution in [2.24, 2.45) is 0 Å². The van der Waals surface area contributed by atoms with Gasteiger partial charge in [0.05, 0.1) is 6.20 Å². The molecule has 6 nitrogen and oxygen atoms in total. The molecule has 2 N–H and O–H groups in total. The van der Waals surface area contributed by atoms with Crippen molar-refractivity contribution < 1.29 is 19.4 Å². The lowest BCUT2D eigenvalue weighted by atomic mass is 10.3. The Balaban J connectivity index is 2.67. The quantitative estimate of drug-likeness (QED) is 0.818. The summed E-state index contributed by atoms with van der Waals surface area (Å²) in [4.78, 5) is 26.8. The second-order valence-electron chi connectivity index (χ2n) is 3.69. The average Bonchev–Trinajstić information content (AvgIpc) is 2.78. The van der Waals surface area contributed by atoms with Crippen LogP contribution >= 0.6 is 11.3 Å². The fourth-order valence-corrected chi connectivity index (χ4v) is 2.05. The van der Waals surface area contributed by atoms with Crippen molar-refractivity contribution in [1.29, 1.82) is 0 Å². The zero-order chi connectivity index (χ0) is 13.7. The number of hydrogen-bond acceptors (Lipinski definition) is 5. The van der Waals surface area contributed by atoms with Gasteiger partial charge < -0.3 is 15.2 Å². The number of ether oxygens (including phenoxy) is 1. The summed E-state index contributed by atoms with van der Waals surface area (Å²) in [5, 5.41) is 11.8. The molecule has 0 aliphatic rings. The number of carboxylic acids is 1. The number of carbonyl (C=O) groups is 2. The molecule has 1 unspecified atom stereocenters. The van der Waals surface area contributed by atoms with Crippen LogP contribution in [0, 0.1) is 0 Å². The molecule has 100 valence electrons. The van der Waals surface area contributed by atoms with E-state index in [9.17, 15) is 9.59 Å². The Bertz CT molecular complexity index is 432. The number of thiazole rings is 1. The predicted molar refractivity (Wildman–Crippen MR) is 66.7 cm³/mol. The van der Waals surface area contributed by atoms with E-state index >= 15 is 0 Å². The van der Waals surface area contributed by atoms with Gasteiger partial charge in [-0.15, -0.1) is 11.3 Å². The van der Waals surface area contributed by atoms with Gasteiger partial charge in [0.15, 0.2) is 0 Å². The van der Waals surface area contributed by atoms with Crippen molar-refractivity contribution in [3.8, 4) is 0 Å². The molecule has 1 rings (SSSR count). The first kappa shape index (κ1) is 14.6. The Labute approximate surface area is 109 Å². The minimum Gasteiger partial charge on any atom is -0.480 e. The molecule has 0 aliphatic heterocycles. The molecule has 0 radical (unpaired) electrons. The van der Waals surface area contributed by atoms with Crippen LogP contribution in [-0.2, 0) is 9.53 Å². The summed E-state index contributed by atoms with van der Waals surface area (Å²) < 4.78 is 5.36. The smallest absolute Gasteiger partial charge is 0.325 e. The first-order valence-electron chi connectivity index (χ1n) is 5.56. The number of carbonyl (C=O) groups excluding carboxylic acids is 1. The number of aliphatic carboxylic acids is 1. The predicted octanol–water partition coefficient (Wildman–Crippen LogP) is 1.44. The molecule has 1 aromatic heterocycles. The Morgan fingerprint density at radius 3 is 2.78 bits per heavy atom. The number of nitrogens with zero attached hydrogens (tertiary/aromatic N) is 1. The topological polar surface area (TPSA) is 88.5 Å². The van der Waals surface area contributed by atoms with E-state index in [0.29, 0.717) is 16.5 Å². The van der Waals surface area contributed by atoms with Crippen molar-refractivity contribution in [2.75, 3.05) is 6.61 Å². The molecule has 2 atom stereocenters. The lowest BCUT2D eigenvalue weighted by Gasteiger charge is -2.08. The normalized spacial score (nSPS) is 13.9. The minimum absolute atomic E-state index is 0.168. The fourth-order valence-electron chi connectivity index (χ4n) is 1.23. The molecular weight excluding hydrogens is 256 g/mol. The zero-order valence-corrected chi connectivity index (χ0v) is 11.3. The van der Waals surface area contributed by atoms with Crippen molar-refractivity contribution in [1.82, 2.24) is 10.3 Å². The van der Waals surface area contributed by atoms with Gasteiger partial charge in [0.1, 0.15) is 22.0 Å². The summed E-state index contributed by atoms with van der Waals surface area (Å²) in [6.45, 7) is 5.71. The summed E-state index contributed by atoms with van der Waals surface area (Å²) >= 11 is 1.20. The molecule has 0 saturated heterocycles. The Hall–Kier alpha value is -1.47. The Morgan fingerprint density at radius 1 is 1.56 bits per heavy atom. The lowest BCUT2D eigenvalue weighted by molar-refractivity contribution is -0.138. The van der Waals surface area contributed by atoms with Crippen LogP contribution in [0.15, 0.2) is 6.20 Å². The van der Waals surface area contributed by atoms with Crippen LogP contribution in [0.1, 0.15) is 41.6 Å². The van der Waals surface area contributed by atoms with Gasteiger partial charge >= 0.3 is 5.97 Å². The second kappa shape index (κ2) is 6.46. The molecular formula is C11H16N2O4S. The molecule has 0 aromatic carbocycles. The summed E-state index contributed by atoms with van der Waals surface area (Å²) in [6.07, 6.45) is 1.26. The van der Waals surface area contributed by atoms with Crippen LogP contribution in [0.25, 0.3) is 0 Å². The third kappa shape index (κ3) is 3.78. The molecule has 0 bridgehead atoms. The lowest BCUT2D eigenvalue weighted by Crippen LogP contribution is -2.37. The molecule has 1 aromatic rings. The standard InChI is InChI=1S/C11H16N2O4S/c1-4-17-7(3)10-12-5-8(18-10)9(14)13-6(2)11(15)16/h5-7H,4H2,1-3H3,(H,13,14)(H,15,16)/t6-,7?/m1/s1. The molecule has 1 amide bonds. The van der Waals surface area contributed by atoms with Gasteiger partial charge in [0, 0.05) is 6.61 Å². The fraction of sp³-hybridized carbons (Fsp3) is 0.545. The van der Waals surface area contributed by atoms with Crippen molar-refractivity contribution in [2.45, 2.75) is 32.9 Å². The number of nitrogens with one attached hydrogen (secondary N) is 1. The van der Waals surface area contributed by atoms with Gasteiger partial charge in [0.2, 0.25) is 0 Å². The first-order valence-corrected chi connectivity index (χ1v) is 6.38. The molecule has 0 aliphatic carbocycles. The van der Waals surface area contributed by atoms with Crippen LogP contribution in [0.3, 0.4) is 0 Å². The highest BCUT2D eigenvalue weighted by Gasteiger charge is 2.18. The highest BCUT2D eigenvalue weighted by molar-refractivity contribution is 7.13. The maximum atomic E-state index is 11.7. The number of amides is 1. The van der Waals surface area contributed by atoms with Gasteiger partial charge in [-0.05, 0) is 20.8 Å². The van der Waals surface area contributed by atoms with E-state index in [1.807, 2.05) is 13.8 Å². The molecule has 18 heavy (non-hydrogen) atoms. The van der Waals surface area contributed by atoms with E-state index in [0.717, 1.165) is 0 Å². The Morgan fingerprint density at radius 2 is 2.22 bits per heavy atom. The monoisotopic (exact) mass is 272 g/mol. The molecule has 0 saturated carbocycles. The van der Waals surface area contributed by atoms with Gasteiger partial charge in [-0.25, -0.2) is 4.98 Å². The van der Waals surface area contributed by atoms with E-state index in [1.165, 1.54) is 24.5 Å². The van der Waals surface area contributed by atoms with Crippen LogP contribution in [0.5, 0.6) is 0 Å². The highest BCUT2D eigenvalue weighted by atomic mass is 32.1. The maximum Gasteiger partial charge on any atom is 0.325 e. The van der Waals surface area contributed by atoms with Crippen LogP contribution in [0.4, 0.5) is 0 Å². The largest absolute Gasteiger partial charge is 0.480 e. The summed E-state index contributed by atoms with van der Waals surface area (Å²) in [5.74, 6) is -1.51. The van der Waals surface area contributed by atoms with Gasteiger partial charge in [-0.2, -0.15) is 0 Å². The molecule has 7 heteroatoms. The third-order valence-electron chi connectivity index (χ3n) is 2.23. The van der Waals surface area contributed by atoms with Crippen molar-refractivity contribution >= 4 is 23.2 Å². The van der Waals surface area contributed by atoms with E-state index < -0.39 is 17.9 Å². The molecule has 1 heterocycles. The van der Waals surface area contributed by atoms with Gasteiger partial charge in [-0.3, -0.25) is 9.59 Å². The number of aromatic nitrogens is 1. The molecule has 0 fully saturated rings. The summed E-state index contributed by atoms with van der Waals surface area (Å²) in [7, 11) is 0. The SMILES string of the molecule is CCOC(C)c1ncc(C(=O)N[C@H](C)C(=O)O)s1. The van der Waals surface area contributed by atoms with Crippen LogP contribution in [0.2, 0.25) is 0 Å². The zero-order valence-electron chi connectivity index (χ0n) is 10.5. The van der Waals surface area contributed by atoms with Crippen LogP contribution in [-0.4, -0.2) is 34.6 Å². The maximum absolute atomic E-state index is 11.7.